The maximum atomic E-state index is 12.4. The SMILES string of the molecule is O=C(c1cc(-c2ccsc2)n[nH]1)N1CC[C@H](O)[C@H](CO)C1. The van der Waals surface area contributed by atoms with E-state index in [4.69, 9.17) is 0 Å². The highest BCUT2D eigenvalue weighted by Crippen LogP contribution is 2.22. The van der Waals surface area contributed by atoms with Crippen LogP contribution in [0.4, 0.5) is 0 Å². The molecule has 0 bridgehead atoms. The Hall–Kier alpha value is -1.70. The molecule has 3 rings (SSSR count). The Morgan fingerprint density at radius 3 is 3.14 bits per heavy atom. The van der Waals surface area contributed by atoms with E-state index in [1.54, 1.807) is 22.3 Å². The minimum atomic E-state index is -0.540. The molecule has 1 saturated heterocycles. The summed E-state index contributed by atoms with van der Waals surface area (Å²) in [5.74, 6) is -0.420. The predicted octanol–water partition coefficient (Wildman–Crippen LogP) is 0.954. The van der Waals surface area contributed by atoms with Gasteiger partial charge >= 0.3 is 0 Å². The van der Waals surface area contributed by atoms with E-state index in [0.29, 0.717) is 25.2 Å². The zero-order chi connectivity index (χ0) is 14.8. The number of carbonyl (C=O) groups is 1. The van der Waals surface area contributed by atoms with Crippen LogP contribution in [0.25, 0.3) is 11.3 Å². The van der Waals surface area contributed by atoms with Crippen molar-refractivity contribution in [1.29, 1.82) is 0 Å². The summed E-state index contributed by atoms with van der Waals surface area (Å²) in [4.78, 5) is 14.1. The Balaban J connectivity index is 1.74. The van der Waals surface area contributed by atoms with Crippen LogP contribution < -0.4 is 0 Å². The quantitative estimate of drug-likeness (QED) is 0.788. The second-order valence-corrected chi connectivity index (χ2v) is 6.01. The van der Waals surface area contributed by atoms with Gasteiger partial charge in [-0.25, -0.2) is 0 Å². The Kier molecular flexibility index (Phi) is 4.05. The maximum absolute atomic E-state index is 12.4. The molecule has 0 radical (unpaired) electrons. The Bertz CT molecular complexity index is 611. The van der Waals surface area contributed by atoms with Gasteiger partial charge in [-0.15, -0.1) is 0 Å². The molecule has 1 fully saturated rings. The molecule has 2 atom stereocenters. The summed E-state index contributed by atoms with van der Waals surface area (Å²) in [7, 11) is 0. The van der Waals surface area contributed by atoms with Crippen LogP contribution in [0, 0.1) is 5.92 Å². The molecule has 2 aromatic rings. The fourth-order valence-corrected chi connectivity index (χ4v) is 3.19. The molecule has 6 nitrogen and oxygen atoms in total. The molecule has 2 aromatic heterocycles. The Morgan fingerprint density at radius 2 is 2.43 bits per heavy atom. The lowest BCUT2D eigenvalue weighted by Crippen LogP contribution is -2.47. The summed E-state index contributed by atoms with van der Waals surface area (Å²) in [6, 6.07) is 3.69. The number of carbonyl (C=O) groups excluding carboxylic acids is 1. The Morgan fingerprint density at radius 1 is 1.57 bits per heavy atom. The molecule has 1 aliphatic heterocycles. The summed E-state index contributed by atoms with van der Waals surface area (Å²) < 4.78 is 0. The molecule has 21 heavy (non-hydrogen) atoms. The summed E-state index contributed by atoms with van der Waals surface area (Å²) in [6.07, 6.45) is -0.0511. The van der Waals surface area contributed by atoms with Crippen LogP contribution in [0.1, 0.15) is 16.9 Å². The Labute approximate surface area is 126 Å². The number of nitrogens with zero attached hydrogens (tertiary/aromatic N) is 2. The van der Waals surface area contributed by atoms with Crippen LogP contribution in [-0.2, 0) is 0 Å². The van der Waals surface area contributed by atoms with Gasteiger partial charge in [-0.3, -0.25) is 9.89 Å². The molecule has 112 valence electrons. The first kappa shape index (κ1) is 14.2. The third kappa shape index (κ3) is 2.85. The average molecular weight is 307 g/mol. The summed E-state index contributed by atoms with van der Waals surface area (Å²) >= 11 is 1.58. The van der Waals surface area contributed by atoms with E-state index < -0.39 is 6.10 Å². The number of amides is 1. The van der Waals surface area contributed by atoms with Crippen molar-refractivity contribution in [2.24, 2.45) is 5.92 Å². The zero-order valence-electron chi connectivity index (χ0n) is 11.4. The first-order chi connectivity index (χ1) is 10.2. The van der Waals surface area contributed by atoms with E-state index in [9.17, 15) is 15.0 Å². The van der Waals surface area contributed by atoms with Gasteiger partial charge in [0.15, 0.2) is 0 Å². The van der Waals surface area contributed by atoms with E-state index in [0.717, 1.165) is 11.3 Å². The predicted molar refractivity (Wildman–Crippen MR) is 79.0 cm³/mol. The molecule has 0 unspecified atom stereocenters. The topological polar surface area (TPSA) is 89.5 Å². The second-order valence-electron chi connectivity index (χ2n) is 5.23. The van der Waals surface area contributed by atoms with Crippen molar-refractivity contribution in [1.82, 2.24) is 15.1 Å². The number of nitrogens with one attached hydrogen (secondary N) is 1. The summed E-state index contributed by atoms with van der Waals surface area (Å²) in [6.45, 7) is 0.737. The molecule has 0 aromatic carbocycles. The highest BCUT2D eigenvalue weighted by Gasteiger charge is 2.30. The maximum Gasteiger partial charge on any atom is 0.271 e. The molecular weight excluding hydrogens is 290 g/mol. The van der Waals surface area contributed by atoms with E-state index in [2.05, 4.69) is 10.2 Å². The van der Waals surface area contributed by atoms with Gasteiger partial charge in [0.1, 0.15) is 5.69 Å². The van der Waals surface area contributed by atoms with Gasteiger partial charge in [0, 0.05) is 30.0 Å². The number of hydrogen-bond donors (Lipinski definition) is 3. The molecule has 0 aliphatic carbocycles. The second kappa shape index (κ2) is 5.97. The van der Waals surface area contributed by atoms with E-state index >= 15 is 0 Å². The number of thiophene rings is 1. The van der Waals surface area contributed by atoms with Gasteiger partial charge in [-0.1, -0.05) is 0 Å². The number of aromatic amines is 1. The molecular formula is C14H17N3O3S. The number of aliphatic hydroxyl groups excluding tert-OH is 2. The normalized spacial score (nSPS) is 22.5. The van der Waals surface area contributed by atoms with E-state index in [1.165, 1.54) is 0 Å². The van der Waals surface area contributed by atoms with Crippen molar-refractivity contribution in [3.05, 3.63) is 28.6 Å². The third-order valence-corrected chi connectivity index (χ3v) is 4.52. The largest absolute Gasteiger partial charge is 0.396 e. The van der Waals surface area contributed by atoms with E-state index in [-0.39, 0.29) is 18.4 Å². The number of hydrogen-bond acceptors (Lipinski definition) is 5. The van der Waals surface area contributed by atoms with Crippen molar-refractivity contribution >= 4 is 17.2 Å². The standard InChI is InChI=1S/C14H17N3O3S/c18-7-10-6-17(3-1-13(10)19)14(20)12-5-11(15-16-12)9-2-4-21-8-9/h2,4-5,8,10,13,18-19H,1,3,6-7H2,(H,15,16)/t10-,13-/m0/s1. The molecule has 1 aliphatic rings. The van der Waals surface area contributed by atoms with Crippen LogP contribution in [0.5, 0.6) is 0 Å². The van der Waals surface area contributed by atoms with Crippen molar-refractivity contribution in [2.75, 3.05) is 19.7 Å². The number of H-pyrrole nitrogens is 1. The molecule has 0 saturated carbocycles. The van der Waals surface area contributed by atoms with Gasteiger partial charge in [0.2, 0.25) is 0 Å². The molecule has 1 amide bonds. The lowest BCUT2D eigenvalue weighted by molar-refractivity contribution is 0.00323. The number of aliphatic hydroxyl groups is 2. The highest BCUT2D eigenvalue weighted by molar-refractivity contribution is 7.08. The molecule has 3 N–H and O–H groups in total. The lowest BCUT2D eigenvalue weighted by Gasteiger charge is -2.34. The number of rotatable bonds is 3. The van der Waals surface area contributed by atoms with Gasteiger partial charge < -0.3 is 15.1 Å². The monoisotopic (exact) mass is 307 g/mol. The molecule has 7 heteroatoms. The first-order valence-corrected chi connectivity index (χ1v) is 7.79. The number of piperidine rings is 1. The minimum Gasteiger partial charge on any atom is -0.396 e. The zero-order valence-corrected chi connectivity index (χ0v) is 12.2. The van der Waals surface area contributed by atoms with Crippen molar-refractivity contribution < 1.29 is 15.0 Å². The fourth-order valence-electron chi connectivity index (χ4n) is 2.54. The number of aromatic nitrogens is 2. The smallest absolute Gasteiger partial charge is 0.271 e. The van der Waals surface area contributed by atoms with E-state index in [1.807, 2.05) is 16.8 Å². The number of likely N-dealkylation sites (tertiary alicyclic amines) is 1. The lowest BCUT2D eigenvalue weighted by atomic mass is 9.95. The van der Waals surface area contributed by atoms with Gasteiger partial charge in [-0.2, -0.15) is 16.4 Å². The third-order valence-electron chi connectivity index (χ3n) is 3.84. The van der Waals surface area contributed by atoms with Crippen LogP contribution in [0.15, 0.2) is 22.9 Å². The van der Waals surface area contributed by atoms with Gasteiger partial charge in [-0.05, 0) is 23.9 Å². The fraction of sp³-hybridized carbons (Fsp3) is 0.429. The molecule has 3 heterocycles. The van der Waals surface area contributed by atoms with Crippen LogP contribution in [-0.4, -0.2) is 57.0 Å². The van der Waals surface area contributed by atoms with Gasteiger partial charge in [0.25, 0.3) is 5.91 Å². The van der Waals surface area contributed by atoms with Crippen molar-refractivity contribution in [3.63, 3.8) is 0 Å². The minimum absolute atomic E-state index is 0.117. The van der Waals surface area contributed by atoms with Crippen LogP contribution >= 0.6 is 11.3 Å². The van der Waals surface area contributed by atoms with Crippen LogP contribution in [0.2, 0.25) is 0 Å². The molecule has 0 spiro atoms. The van der Waals surface area contributed by atoms with Crippen LogP contribution in [0.3, 0.4) is 0 Å². The first-order valence-electron chi connectivity index (χ1n) is 6.85. The summed E-state index contributed by atoms with van der Waals surface area (Å²) in [5, 5.41) is 29.9. The summed E-state index contributed by atoms with van der Waals surface area (Å²) in [5.41, 5.74) is 2.16. The van der Waals surface area contributed by atoms with Crippen molar-refractivity contribution in [2.45, 2.75) is 12.5 Å². The van der Waals surface area contributed by atoms with Crippen molar-refractivity contribution in [3.8, 4) is 11.3 Å². The average Bonchev–Trinajstić information content (AvgIpc) is 3.18. The highest BCUT2D eigenvalue weighted by atomic mass is 32.1. The van der Waals surface area contributed by atoms with Gasteiger partial charge in [0.05, 0.1) is 18.4 Å².